The second kappa shape index (κ2) is 8.66. The van der Waals surface area contributed by atoms with Crippen molar-refractivity contribution in [3.05, 3.63) is 69.5 Å². The van der Waals surface area contributed by atoms with Crippen molar-refractivity contribution in [1.82, 2.24) is 5.32 Å². The molecule has 0 saturated heterocycles. The van der Waals surface area contributed by atoms with Gasteiger partial charge in [0.15, 0.2) is 6.61 Å². The third-order valence-electron chi connectivity index (χ3n) is 3.14. The molecule has 0 bridgehead atoms. The van der Waals surface area contributed by atoms with Crippen LogP contribution in [-0.2, 0) is 16.0 Å². The van der Waals surface area contributed by atoms with Crippen LogP contribution in [-0.4, -0.2) is 25.0 Å². The molecule has 0 aromatic heterocycles. The molecule has 7 heteroatoms. The number of hydrogen-bond donors (Lipinski definition) is 1. The molecule has 4 nitrogen and oxygen atoms in total. The Labute approximate surface area is 148 Å². The standard InChI is InChI=1S/C17H14Cl2FNO3/c18-13-9-14(19)15(20)8-12(13)17(23)24-10-16(22)21-7-6-11-4-2-1-3-5-11/h1-5,8-9H,6-7,10H2,(H,21,22). The predicted octanol–water partition coefficient (Wildman–Crippen LogP) is 3.65. The van der Waals surface area contributed by atoms with Crippen molar-refractivity contribution in [3.63, 3.8) is 0 Å². The number of hydrogen-bond acceptors (Lipinski definition) is 3. The van der Waals surface area contributed by atoms with Crippen molar-refractivity contribution in [2.24, 2.45) is 0 Å². The van der Waals surface area contributed by atoms with Gasteiger partial charge in [-0.3, -0.25) is 4.79 Å². The van der Waals surface area contributed by atoms with Crippen LogP contribution in [0.4, 0.5) is 4.39 Å². The van der Waals surface area contributed by atoms with Crippen LogP contribution in [0.15, 0.2) is 42.5 Å². The molecule has 2 aromatic carbocycles. The van der Waals surface area contributed by atoms with E-state index in [0.717, 1.165) is 17.7 Å². The molecular weight excluding hydrogens is 356 g/mol. The average molecular weight is 370 g/mol. The first kappa shape index (κ1) is 18.2. The lowest BCUT2D eigenvalue weighted by molar-refractivity contribution is -0.124. The molecule has 0 heterocycles. The van der Waals surface area contributed by atoms with Gasteiger partial charge in [-0.15, -0.1) is 0 Å². The number of carbonyl (C=O) groups is 2. The molecule has 0 saturated carbocycles. The predicted molar refractivity (Wildman–Crippen MR) is 89.9 cm³/mol. The maximum Gasteiger partial charge on any atom is 0.340 e. The summed E-state index contributed by atoms with van der Waals surface area (Å²) in [6, 6.07) is 11.6. The Hall–Kier alpha value is -2.11. The summed E-state index contributed by atoms with van der Waals surface area (Å²) in [6.07, 6.45) is 0.661. The van der Waals surface area contributed by atoms with Gasteiger partial charge in [0.25, 0.3) is 5.91 Å². The van der Waals surface area contributed by atoms with Gasteiger partial charge in [0.05, 0.1) is 15.6 Å². The quantitative estimate of drug-likeness (QED) is 0.624. The van der Waals surface area contributed by atoms with Gasteiger partial charge < -0.3 is 10.1 Å². The van der Waals surface area contributed by atoms with Crippen LogP contribution in [0.3, 0.4) is 0 Å². The van der Waals surface area contributed by atoms with Crippen molar-refractivity contribution < 1.29 is 18.7 Å². The van der Waals surface area contributed by atoms with Gasteiger partial charge in [-0.25, -0.2) is 9.18 Å². The van der Waals surface area contributed by atoms with Crippen molar-refractivity contribution in [3.8, 4) is 0 Å². The highest BCUT2D eigenvalue weighted by Gasteiger charge is 2.16. The van der Waals surface area contributed by atoms with E-state index in [1.807, 2.05) is 30.3 Å². The minimum atomic E-state index is -0.895. The van der Waals surface area contributed by atoms with E-state index in [2.05, 4.69) is 5.32 Å². The summed E-state index contributed by atoms with van der Waals surface area (Å²) in [5, 5.41) is 2.38. The normalized spacial score (nSPS) is 10.3. The molecule has 1 N–H and O–H groups in total. The SMILES string of the molecule is O=C(COC(=O)c1cc(F)c(Cl)cc1Cl)NCCc1ccccc1. The molecule has 2 aromatic rings. The topological polar surface area (TPSA) is 55.4 Å². The molecular formula is C17H14Cl2FNO3. The maximum atomic E-state index is 13.4. The molecule has 0 unspecified atom stereocenters. The van der Waals surface area contributed by atoms with Crippen LogP contribution in [0.25, 0.3) is 0 Å². The summed E-state index contributed by atoms with van der Waals surface area (Å²) >= 11 is 11.4. The van der Waals surface area contributed by atoms with Crippen molar-refractivity contribution in [2.45, 2.75) is 6.42 Å². The number of benzene rings is 2. The van der Waals surface area contributed by atoms with Crippen LogP contribution >= 0.6 is 23.2 Å². The van der Waals surface area contributed by atoms with E-state index in [1.54, 1.807) is 0 Å². The Balaban J connectivity index is 1.79. The molecule has 1 amide bonds. The first-order chi connectivity index (χ1) is 11.5. The molecule has 126 valence electrons. The van der Waals surface area contributed by atoms with Crippen LogP contribution < -0.4 is 5.32 Å². The lowest BCUT2D eigenvalue weighted by atomic mass is 10.1. The Kier molecular flexibility index (Phi) is 6.58. The summed E-state index contributed by atoms with van der Waals surface area (Å²) in [4.78, 5) is 23.5. The third-order valence-corrected chi connectivity index (χ3v) is 3.75. The minimum Gasteiger partial charge on any atom is -0.452 e. The van der Waals surface area contributed by atoms with Gasteiger partial charge in [-0.05, 0) is 24.1 Å². The molecule has 0 atom stereocenters. The number of amides is 1. The molecule has 0 aliphatic heterocycles. The first-order valence-corrected chi connectivity index (χ1v) is 7.85. The zero-order valence-corrected chi connectivity index (χ0v) is 14.0. The van der Waals surface area contributed by atoms with Gasteiger partial charge in [0, 0.05) is 6.54 Å². The summed E-state index contributed by atoms with van der Waals surface area (Å²) in [7, 11) is 0. The number of carbonyl (C=O) groups excluding carboxylic acids is 2. The van der Waals surface area contributed by atoms with Crippen LogP contribution in [0.5, 0.6) is 0 Å². The number of ether oxygens (including phenoxy) is 1. The molecule has 0 aliphatic rings. The third kappa shape index (κ3) is 5.22. The van der Waals surface area contributed by atoms with Crippen LogP contribution in [0, 0.1) is 5.82 Å². The van der Waals surface area contributed by atoms with Crippen molar-refractivity contribution in [2.75, 3.05) is 13.2 Å². The van der Waals surface area contributed by atoms with E-state index in [0.29, 0.717) is 13.0 Å². The summed E-state index contributed by atoms with van der Waals surface area (Å²) in [5.74, 6) is -2.14. The largest absolute Gasteiger partial charge is 0.452 e. The van der Waals surface area contributed by atoms with Gasteiger partial charge in [0.2, 0.25) is 0 Å². The fourth-order valence-electron chi connectivity index (χ4n) is 1.93. The lowest BCUT2D eigenvalue weighted by Crippen LogP contribution is -2.30. The van der Waals surface area contributed by atoms with E-state index in [-0.39, 0.29) is 15.6 Å². The van der Waals surface area contributed by atoms with Gasteiger partial charge in [0.1, 0.15) is 5.82 Å². The lowest BCUT2D eigenvalue weighted by Gasteiger charge is -2.08. The molecule has 0 spiro atoms. The first-order valence-electron chi connectivity index (χ1n) is 7.09. The van der Waals surface area contributed by atoms with Crippen molar-refractivity contribution >= 4 is 35.1 Å². The Morgan fingerprint density at radius 1 is 1.08 bits per heavy atom. The number of rotatable bonds is 6. The van der Waals surface area contributed by atoms with Crippen LogP contribution in [0.1, 0.15) is 15.9 Å². The van der Waals surface area contributed by atoms with E-state index in [1.165, 1.54) is 0 Å². The smallest absolute Gasteiger partial charge is 0.340 e. The summed E-state index contributed by atoms with van der Waals surface area (Å²) in [6.45, 7) is -0.0646. The summed E-state index contributed by atoms with van der Waals surface area (Å²) in [5.41, 5.74) is 0.897. The molecule has 0 aliphatic carbocycles. The number of esters is 1. The fraction of sp³-hybridized carbons (Fsp3) is 0.176. The number of halogens is 3. The summed E-state index contributed by atoms with van der Waals surface area (Å²) < 4.78 is 18.2. The Bertz CT molecular complexity index is 738. The van der Waals surface area contributed by atoms with E-state index in [9.17, 15) is 14.0 Å². The van der Waals surface area contributed by atoms with E-state index in [4.69, 9.17) is 27.9 Å². The highest BCUT2D eigenvalue weighted by molar-refractivity contribution is 6.36. The minimum absolute atomic E-state index is 0.0455. The van der Waals surface area contributed by atoms with Crippen molar-refractivity contribution in [1.29, 1.82) is 0 Å². The zero-order chi connectivity index (χ0) is 17.5. The Morgan fingerprint density at radius 3 is 2.50 bits per heavy atom. The maximum absolute atomic E-state index is 13.4. The second-order valence-corrected chi connectivity index (χ2v) is 5.72. The molecule has 24 heavy (non-hydrogen) atoms. The van der Waals surface area contributed by atoms with Gasteiger partial charge in [-0.2, -0.15) is 0 Å². The van der Waals surface area contributed by atoms with Crippen LogP contribution in [0.2, 0.25) is 10.0 Å². The van der Waals surface area contributed by atoms with E-state index < -0.39 is 24.3 Å². The van der Waals surface area contributed by atoms with E-state index >= 15 is 0 Å². The fourth-order valence-corrected chi connectivity index (χ4v) is 2.39. The Morgan fingerprint density at radius 2 is 1.79 bits per heavy atom. The zero-order valence-electron chi connectivity index (χ0n) is 12.5. The molecule has 0 fully saturated rings. The monoisotopic (exact) mass is 369 g/mol. The number of nitrogens with one attached hydrogen (secondary N) is 1. The average Bonchev–Trinajstić information content (AvgIpc) is 2.57. The highest BCUT2D eigenvalue weighted by Crippen LogP contribution is 2.24. The second-order valence-electron chi connectivity index (χ2n) is 4.91. The van der Waals surface area contributed by atoms with Gasteiger partial charge >= 0.3 is 5.97 Å². The molecule has 2 rings (SSSR count). The molecule has 0 radical (unpaired) electrons. The highest BCUT2D eigenvalue weighted by atomic mass is 35.5. The van der Waals surface area contributed by atoms with Gasteiger partial charge in [-0.1, -0.05) is 53.5 Å².